The zero-order chi connectivity index (χ0) is 12.7. The molecule has 2 unspecified atom stereocenters. The quantitative estimate of drug-likeness (QED) is 0.785. The van der Waals surface area contributed by atoms with E-state index in [1.165, 1.54) is 0 Å². The van der Waals surface area contributed by atoms with Crippen LogP contribution >= 0.6 is 0 Å². The van der Waals surface area contributed by atoms with Gasteiger partial charge in [0.15, 0.2) is 0 Å². The third-order valence-corrected chi connectivity index (χ3v) is 3.37. The summed E-state index contributed by atoms with van der Waals surface area (Å²) in [6.07, 6.45) is 1.86. The summed E-state index contributed by atoms with van der Waals surface area (Å²) in [4.78, 5) is 6.73. The minimum absolute atomic E-state index is 0.552. The van der Waals surface area contributed by atoms with Crippen LogP contribution in [0.2, 0.25) is 0 Å². The number of pyridine rings is 1. The number of nitrogens with zero attached hydrogens (tertiary/aromatic N) is 2. The van der Waals surface area contributed by atoms with E-state index >= 15 is 0 Å². The lowest BCUT2D eigenvalue weighted by molar-refractivity contribution is 0.187. The summed E-state index contributed by atoms with van der Waals surface area (Å²) < 4.78 is 0. The summed E-state index contributed by atoms with van der Waals surface area (Å²) in [6.45, 7) is 9.76. The van der Waals surface area contributed by atoms with Crippen molar-refractivity contribution in [3.63, 3.8) is 0 Å². The first-order chi connectivity index (χ1) is 8.15. The highest BCUT2D eigenvalue weighted by molar-refractivity contribution is 5.03. The summed E-state index contributed by atoms with van der Waals surface area (Å²) in [5, 5.41) is 3.41. The number of nitrogens with one attached hydrogen (secondary N) is 1. The van der Waals surface area contributed by atoms with Gasteiger partial charge < -0.3 is 5.32 Å². The fourth-order valence-electron chi connectivity index (χ4n) is 1.87. The molecule has 96 valence electrons. The van der Waals surface area contributed by atoms with Crippen LogP contribution in [-0.2, 0) is 6.54 Å². The third-order valence-electron chi connectivity index (χ3n) is 3.37. The molecule has 1 N–H and O–H groups in total. The minimum Gasteiger partial charge on any atom is -0.317 e. The highest BCUT2D eigenvalue weighted by Gasteiger charge is 2.16. The van der Waals surface area contributed by atoms with Crippen LogP contribution in [0.1, 0.15) is 26.5 Å². The van der Waals surface area contributed by atoms with Gasteiger partial charge in [-0.2, -0.15) is 0 Å². The lowest BCUT2D eigenvalue weighted by atomic mass is 10.0. The first kappa shape index (κ1) is 14.1. The number of hydrogen-bond donors (Lipinski definition) is 1. The van der Waals surface area contributed by atoms with Crippen molar-refractivity contribution in [2.24, 2.45) is 5.92 Å². The summed E-state index contributed by atoms with van der Waals surface area (Å²) in [6, 6.07) is 6.64. The highest BCUT2D eigenvalue weighted by atomic mass is 15.1. The van der Waals surface area contributed by atoms with Crippen molar-refractivity contribution in [2.75, 3.05) is 20.1 Å². The fourth-order valence-corrected chi connectivity index (χ4v) is 1.87. The topological polar surface area (TPSA) is 28.2 Å². The Morgan fingerprint density at radius 3 is 2.71 bits per heavy atom. The van der Waals surface area contributed by atoms with E-state index in [0.29, 0.717) is 12.0 Å². The van der Waals surface area contributed by atoms with Gasteiger partial charge in [0.1, 0.15) is 0 Å². The van der Waals surface area contributed by atoms with Crippen molar-refractivity contribution >= 4 is 0 Å². The second kappa shape index (κ2) is 7.41. The van der Waals surface area contributed by atoms with Gasteiger partial charge in [-0.25, -0.2) is 0 Å². The summed E-state index contributed by atoms with van der Waals surface area (Å²) in [5.41, 5.74) is 1.14. The van der Waals surface area contributed by atoms with Gasteiger partial charge in [0.2, 0.25) is 0 Å². The number of rotatable bonds is 7. The van der Waals surface area contributed by atoms with E-state index in [0.717, 1.165) is 25.3 Å². The molecule has 1 aromatic rings. The smallest absolute Gasteiger partial charge is 0.0543 e. The molecule has 0 amide bonds. The van der Waals surface area contributed by atoms with Crippen LogP contribution in [0.25, 0.3) is 0 Å². The Hall–Kier alpha value is -0.930. The Bertz CT molecular complexity index is 300. The molecule has 0 bridgehead atoms. The van der Waals surface area contributed by atoms with Crippen LogP contribution in [0.3, 0.4) is 0 Å². The van der Waals surface area contributed by atoms with Crippen LogP contribution in [0.5, 0.6) is 0 Å². The van der Waals surface area contributed by atoms with E-state index in [9.17, 15) is 0 Å². The second-order valence-electron chi connectivity index (χ2n) is 4.76. The minimum atomic E-state index is 0.552. The van der Waals surface area contributed by atoms with Gasteiger partial charge in [-0.05, 0) is 45.1 Å². The zero-order valence-corrected chi connectivity index (χ0v) is 11.5. The molecule has 0 saturated carbocycles. The van der Waals surface area contributed by atoms with Crippen molar-refractivity contribution in [1.29, 1.82) is 0 Å². The molecule has 0 aliphatic rings. The maximum absolute atomic E-state index is 4.37. The van der Waals surface area contributed by atoms with Gasteiger partial charge in [-0.3, -0.25) is 9.88 Å². The molecule has 17 heavy (non-hydrogen) atoms. The molecule has 3 heteroatoms. The number of aromatic nitrogens is 1. The standard InChI is InChI=1S/C14H25N3/c1-5-15-10-12(2)13(3)17(4)11-14-8-6-7-9-16-14/h6-9,12-13,15H,5,10-11H2,1-4H3. The summed E-state index contributed by atoms with van der Waals surface area (Å²) in [7, 11) is 2.17. The normalized spacial score (nSPS) is 14.9. The molecule has 1 heterocycles. The predicted molar refractivity (Wildman–Crippen MR) is 72.9 cm³/mol. The van der Waals surface area contributed by atoms with E-state index in [2.05, 4.69) is 49.1 Å². The maximum Gasteiger partial charge on any atom is 0.0543 e. The van der Waals surface area contributed by atoms with Crippen molar-refractivity contribution in [1.82, 2.24) is 15.2 Å². The molecule has 1 aromatic heterocycles. The Kier molecular flexibility index (Phi) is 6.16. The Labute approximate surface area is 105 Å². The van der Waals surface area contributed by atoms with Crippen molar-refractivity contribution in [2.45, 2.75) is 33.4 Å². The molecule has 1 rings (SSSR count). The van der Waals surface area contributed by atoms with Crippen molar-refractivity contribution in [3.05, 3.63) is 30.1 Å². The maximum atomic E-state index is 4.37. The molecule has 3 nitrogen and oxygen atoms in total. The van der Waals surface area contributed by atoms with E-state index in [4.69, 9.17) is 0 Å². The van der Waals surface area contributed by atoms with E-state index in [-0.39, 0.29) is 0 Å². The molecule has 0 saturated heterocycles. The van der Waals surface area contributed by atoms with Gasteiger partial charge in [0.05, 0.1) is 5.69 Å². The second-order valence-corrected chi connectivity index (χ2v) is 4.76. The third kappa shape index (κ3) is 4.84. The molecule has 0 fully saturated rings. The van der Waals surface area contributed by atoms with Crippen LogP contribution in [0.4, 0.5) is 0 Å². The van der Waals surface area contributed by atoms with Gasteiger partial charge in [-0.1, -0.05) is 19.9 Å². The first-order valence-corrected chi connectivity index (χ1v) is 6.46. The lowest BCUT2D eigenvalue weighted by Gasteiger charge is -2.29. The first-order valence-electron chi connectivity index (χ1n) is 6.46. The molecule has 0 aliphatic carbocycles. The molecule has 0 aromatic carbocycles. The lowest BCUT2D eigenvalue weighted by Crippen LogP contribution is -2.38. The van der Waals surface area contributed by atoms with Crippen LogP contribution < -0.4 is 5.32 Å². The fraction of sp³-hybridized carbons (Fsp3) is 0.643. The zero-order valence-electron chi connectivity index (χ0n) is 11.5. The van der Waals surface area contributed by atoms with Crippen LogP contribution in [0.15, 0.2) is 24.4 Å². The average Bonchev–Trinajstić information content (AvgIpc) is 2.36. The molecule has 2 atom stereocenters. The van der Waals surface area contributed by atoms with Gasteiger partial charge >= 0.3 is 0 Å². The average molecular weight is 235 g/mol. The molecular weight excluding hydrogens is 210 g/mol. The van der Waals surface area contributed by atoms with E-state index in [1.54, 1.807) is 0 Å². The van der Waals surface area contributed by atoms with Crippen LogP contribution in [-0.4, -0.2) is 36.1 Å². The monoisotopic (exact) mass is 235 g/mol. The van der Waals surface area contributed by atoms with Gasteiger partial charge in [0.25, 0.3) is 0 Å². The Morgan fingerprint density at radius 2 is 2.12 bits per heavy atom. The molecule has 0 aliphatic heterocycles. The Morgan fingerprint density at radius 1 is 1.35 bits per heavy atom. The molecular formula is C14H25N3. The Balaban J connectivity index is 2.43. The molecule has 0 radical (unpaired) electrons. The largest absolute Gasteiger partial charge is 0.317 e. The SMILES string of the molecule is CCNCC(C)C(C)N(C)Cc1ccccn1. The summed E-state index contributed by atoms with van der Waals surface area (Å²) >= 11 is 0. The predicted octanol–water partition coefficient (Wildman–Crippen LogP) is 2.15. The van der Waals surface area contributed by atoms with E-state index in [1.807, 2.05) is 18.3 Å². The van der Waals surface area contributed by atoms with Crippen molar-refractivity contribution < 1.29 is 0 Å². The van der Waals surface area contributed by atoms with Gasteiger partial charge in [-0.15, -0.1) is 0 Å². The highest BCUT2D eigenvalue weighted by Crippen LogP contribution is 2.11. The summed E-state index contributed by atoms with van der Waals surface area (Å²) in [5.74, 6) is 0.642. The number of hydrogen-bond acceptors (Lipinski definition) is 3. The van der Waals surface area contributed by atoms with E-state index < -0.39 is 0 Å². The van der Waals surface area contributed by atoms with Crippen LogP contribution in [0, 0.1) is 5.92 Å². The molecule has 0 spiro atoms. The van der Waals surface area contributed by atoms with Gasteiger partial charge in [0, 0.05) is 18.8 Å². The van der Waals surface area contributed by atoms with Crippen molar-refractivity contribution in [3.8, 4) is 0 Å².